The molecule has 0 radical (unpaired) electrons. The standard InChI is InChI=1S/C30H31N5O2/c1-37-24-9-10-28-25(17-24)26(27-16-22-8-5-13-31-30(22)33-27)19-35(28)20-29(36)32-23-11-14-34(15-12-23)18-21-6-3-2-4-7-21/h2-10,13,16-17,19,23H,11-12,14-15,18,20H2,1H3,(H,31,33)(H,32,36). The first kappa shape index (κ1) is 23.3. The van der Waals surface area contributed by atoms with Crippen LogP contribution in [-0.4, -0.2) is 51.6 Å². The molecule has 1 aliphatic rings. The highest BCUT2D eigenvalue weighted by atomic mass is 16.5. The Morgan fingerprint density at radius 2 is 1.92 bits per heavy atom. The number of fused-ring (bicyclic) bond motifs is 2. The number of likely N-dealkylation sites (tertiary alicyclic amines) is 1. The highest BCUT2D eigenvalue weighted by molar-refractivity contribution is 5.99. The van der Waals surface area contributed by atoms with Gasteiger partial charge in [0.1, 0.15) is 17.9 Å². The van der Waals surface area contributed by atoms with Crippen LogP contribution in [0.25, 0.3) is 33.2 Å². The largest absolute Gasteiger partial charge is 0.497 e. The van der Waals surface area contributed by atoms with Gasteiger partial charge in [-0.3, -0.25) is 9.69 Å². The fraction of sp³-hybridized carbons (Fsp3) is 0.267. The number of carbonyl (C=O) groups is 1. The van der Waals surface area contributed by atoms with E-state index in [0.717, 1.165) is 71.4 Å². The molecule has 1 fully saturated rings. The number of pyridine rings is 1. The average Bonchev–Trinajstić information content (AvgIpc) is 3.51. The molecule has 4 heterocycles. The van der Waals surface area contributed by atoms with Crippen molar-refractivity contribution in [3.05, 3.63) is 84.7 Å². The molecule has 0 atom stereocenters. The molecule has 0 aliphatic carbocycles. The first-order chi connectivity index (χ1) is 18.2. The van der Waals surface area contributed by atoms with Gasteiger partial charge in [0.25, 0.3) is 0 Å². The molecule has 3 aromatic heterocycles. The van der Waals surface area contributed by atoms with Crippen LogP contribution in [0.2, 0.25) is 0 Å². The minimum Gasteiger partial charge on any atom is -0.497 e. The zero-order chi connectivity index (χ0) is 25.2. The zero-order valence-electron chi connectivity index (χ0n) is 21.0. The number of hydrogen-bond donors (Lipinski definition) is 2. The van der Waals surface area contributed by atoms with E-state index in [9.17, 15) is 4.79 Å². The van der Waals surface area contributed by atoms with Crippen LogP contribution in [0.4, 0.5) is 0 Å². The summed E-state index contributed by atoms with van der Waals surface area (Å²) in [5.74, 6) is 0.826. The van der Waals surface area contributed by atoms with Gasteiger partial charge in [0.05, 0.1) is 7.11 Å². The molecule has 1 amide bonds. The minimum atomic E-state index is 0.0408. The van der Waals surface area contributed by atoms with Crippen molar-refractivity contribution >= 4 is 27.8 Å². The van der Waals surface area contributed by atoms with E-state index >= 15 is 0 Å². The van der Waals surface area contributed by atoms with Gasteiger partial charge in [-0.1, -0.05) is 30.3 Å². The number of piperidine rings is 1. The van der Waals surface area contributed by atoms with Gasteiger partial charge in [-0.05, 0) is 54.8 Å². The predicted octanol–water partition coefficient (Wildman–Crippen LogP) is 4.97. The van der Waals surface area contributed by atoms with E-state index in [1.54, 1.807) is 13.3 Å². The van der Waals surface area contributed by atoms with E-state index in [4.69, 9.17) is 4.74 Å². The monoisotopic (exact) mass is 493 g/mol. The van der Waals surface area contributed by atoms with Crippen molar-refractivity contribution in [1.29, 1.82) is 0 Å². The summed E-state index contributed by atoms with van der Waals surface area (Å²) in [5.41, 5.74) is 5.17. The van der Waals surface area contributed by atoms with Gasteiger partial charge in [0, 0.05) is 65.6 Å². The number of methoxy groups -OCH3 is 1. The maximum Gasteiger partial charge on any atom is 0.240 e. The Kier molecular flexibility index (Phi) is 6.37. The number of H-pyrrole nitrogens is 1. The predicted molar refractivity (Wildman–Crippen MR) is 146 cm³/mol. The first-order valence-corrected chi connectivity index (χ1v) is 12.8. The van der Waals surface area contributed by atoms with Crippen molar-refractivity contribution in [3.63, 3.8) is 0 Å². The molecule has 1 aliphatic heterocycles. The van der Waals surface area contributed by atoms with Crippen LogP contribution < -0.4 is 10.1 Å². The van der Waals surface area contributed by atoms with Gasteiger partial charge < -0.3 is 19.6 Å². The summed E-state index contributed by atoms with van der Waals surface area (Å²) in [6, 6.07) is 22.8. The highest BCUT2D eigenvalue weighted by Gasteiger charge is 2.22. The summed E-state index contributed by atoms with van der Waals surface area (Å²) >= 11 is 0. The van der Waals surface area contributed by atoms with E-state index in [1.807, 2.05) is 34.9 Å². The molecule has 7 heteroatoms. The summed E-state index contributed by atoms with van der Waals surface area (Å²) in [6.07, 6.45) is 5.77. The summed E-state index contributed by atoms with van der Waals surface area (Å²) in [5, 5.41) is 5.37. The van der Waals surface area contributed by atoms with Crippen molar-refractivity contribution in [1.82, 2.24) is 24.8 Å². The molecule has 0 spiro atoms. The highest BCUT2D eigenvalue weighted by Crippen LogP contribution is 2.34. The zero-order valence-corrected chi connectivity index (χ0v) is 21.0. The van der Waals surface area contributed by atoms with E-state index in [2.05, 4.69) is 62.8 Å². The Hall–Kier alpha value is -4.10. The first-order valence-electron chi connectivity index (χ1n) is 12.8. The van der Waals surface area contributed by atoms with Crippen molar-refractivity contribution in [2.45, 2.75) is 32.0 Å². The lowest BCUT2D eigenvalue weighted by Crippen LogP contribution is -2.45. The van der Waals surface area contributed by atoms with Crippen molar-refractivity contribution in [2.75, 3.05) is 20.2 Å². The Bertz CT molecular complexity index is 1500. The van der Waals surface area contributed by atoms with Gasteiger partial charge in [0.2, 0.25) is 5.91 Å². The molecule has 7 nitrogen and oxygen atoms in total. The molecule has 1 saturated heterocycles. The summed E-state index contributed by atoms with van der Waals surface area (Å²) in [7, 11) is 1.67. The van der Waals surface area contributed by atoms with E-state index in [0.29, 0.717) is 0 Å². The van der Waals surface area contributed by atoms with Crippen LogP contribution in [0.3, 0.4) is 0 Å². The van der Waals surface area contributed by atoms with Crippen molar-refractivity contribution in [3.8, 4) is 17.0 Å². The smallest absolute Gasteiger partial charge is 0.240 e. The summed E-state index contributed by atoms with van der Waals surface area (Å²) in [6.45, 7) is 3.22. The Labute approximate surface area is 216 Å². The third kappa shape index (κ3) is 4.95. The lowest BCUT2D eigenvalue weighted by Gasteiger charge is -2.32. The van der Waals surface area contributed by atoms with E-state index in [-0.39, 0.29) is 18.5 Å². The molecule has 5 aromatic rings. The SMILES string of the molecule is COc1ccc2c(c1)c(-c1cc3cccnc3[nH]1)cn2CC(=O)NC1CCN(Cc2ccccc2)CC1. The second kappa shape index (κ2) is 10.1. The summed E-state index contributed by atoms with van der Waals surface area (Å²) in [4.78, 5) is 23.4. The van der Waals surface area contributed by atoms with E-state index in [1.165, 1.54) is 5.56 Å². The topological polar surface area (TPSA) is 75.2 Å². The third-order valence-electron chi connectivity index (χ3n) is 7.29. The lowest BCUT2D eigenvalue weighted by atomic mass is 10.0. The van der Waals surface area contributed by atoms with Crippen molar-refractivity contribution in [2.24, 2.45) is 0 Å². The number of aromatic amines is 1. The second-order valence-electron chi connectivity index (χ2n) is 9.78. The third-order valence-corrected chi connectivity index (χ3v) is 7.29. The molecule has 188 valence electrons. The van der Waals surface area contributed by atoms with Crippen molar-refractivity contribution < 1.29 is 9.53 Å². The molecular weight excluding hydrogens is 462 g/mol. The van der Waals surface area contributed by atoms with Gasteiger partial charge in [-0.15, -0.1) is 0 Å². The Balaban J connectivity index is 1.17. The van der Waals surface area contributed by atoms with Crippen LogP contribution in [0.5, 0.6) is 5.75 Å². The number of benzene rings is 2. The van der Waals surface area contributed by atoms with Gasteiger partial charge in [0.15, 0.2) is 0 Å². The molecule has 2 aromatic carbocycles. The molecular formula is C30H31N5O2. The molecule has 0 saturated carbocycles. The Morgan fingerprint density at radius 3 is 2.70 bits per heavy atom. The number of amides is 1. The fourth-order valence-corrected chi connectivity index (χ4v) is 5.36. The van der Waals surface area contributed by atoms with Gasteiger partial charge >= 0.3 is 0 Å². The van der Waals surface area contributed by atoms with Gasteiger partial charge in [-0.25, -0.2) is 4.98 Å². The molecule has 37 heavy (non-hydrogen) atoms. The molecule has 2 N–H and O–H groups in total. The number of rotatable bonds is 7. The maximum absolute atomic E-state index is 13.1. The maximum atomic E-state index is 13.1. The average molecular weight is 494 g/mol. The molecule has 0 unspecified atom stereocenters. The van der Waals surface area contributed by atoms with Crippen LogP contribution >= 0.6 is 0 Å². The summed E-state index contributed by atoms with van der Waals surface area (Å²) < 4.78 is 7.52. The number of hydrogen-bond acceptors (Lipinski definition) is 4. The fourth-order valence-electron chi connectivity index (χ4n) is 5.36. The number of nitrogens with zero attached hydrogens (tertiary/aromatic N) is 3. The number of carbonyl (C=O) groups excluding carboxylic acids is 1. The molecule has 6 rings (SSSR count). The van der Waals surface area contributed by atoms with Crippen LogP contribution in [-0.2, 0) is 17.9 Å². The van der Waals surface area contributed by atoms with Gasteiger partial charge in [-0.2, -0.15) is 0 Å². The Morgan fingerprint density at radius 1 is 1.08 bits per heavy atom. The quantitative estimate of drug-likeness (QED) is 0.336. The van der Waals surface area contributed by atoms with Crippen LogP contribution in [0.15, 0.2) is 79.1 Å². The second-order valence-corrected chi connectivity index (χ2v) is 9.78. The normalized spacial score (nSPS) is 14.8. The lowest BCUT2D eigenvalue weighted by molar-refractivity contribution is -0.122. The minimum absolute atomic E-state index is 0.0408. The number of nitrogens with one attached hydrogen (secondary N) is 2. The molecule has 0 bridgehead atoms. The number of ether oxygens (including phenoxy) is 1. The number of aromatic nitrogens is 3. The van der Waals surface area contributed by atoms with Crippen LogP contribution in [0.1, 0.15) is 18.4 Å². The van der Waals surface area contributed by atoms with E-state index < -0.39 is 0 Å². The van der Waals surface area contributed by atoms with Crippen LogP contribution in [0, 0.1) is 0 Å².